The van der Waals surface area contributed by atoms with Crippen LogP contribution in [0, 0.1) is 5.92 Å². The van der Waals surface area contributed by atoms with Crippen molar-refractivity contribution in [1.29, 1.82) is 0 Å². The number of halogens is 1. The number of carbonyl (C=O) groups is 2. The van der Waals surface area contributed by atoms with Gasteiger partial charge in [-0.15, -0.1) is 11.8 Å². The number of esters is 1. The predicted molar refractivity (Wildman–Crippen MR) is 120 cm³/mol. The maximum Gasteiger partial charge on any atom is 0.339 e. The molecular formula is C20H23ClN2O5S2. The topological polar surface area (TPSA) is 102 Å². The molecule has 0 spiro atoms. The van der Waals surface area contributed by atoms with E-state index in [1.165, 1.54) is 42.1 Å². The average molecular weight is 471 g/mol. The van der Waals surface area contributed by atoms with Crippen LogP contribution in [0.4, 0.5) is 11.4 Å². The number of nitrogens with one attached hydrogen (secondary N) is 2. The van der Waals surface area contributed by atoms with Crippen LogP contribution in [0.15, 0.2) is 46.2 Å². The number of ether oxygens (including phenoxy) is 1. The van der Waals surface area contributed by atoms with E-state index in [4.69, 9.17) is 16.3 Å². The van der Waals surface area contributed by atoms with Crippen LogP contribution in [0.5, 0.6) is 0 Å². The van der Waals surface area contributed by atoms with Crippen molar-refractivity contribution in [2.75, 3.05) is 22.9 Å². The largest absolute Gasteiger partial charge is 0.462 e. The molecule has 10 heteroatoms. The quantitative estimate of drug-likeness (QED) is 0.430. The Morgan fingerprint density at radius 1 is 1.17 bits per heavy atom. The summed E-state index contributed by atoms with van der Waals surface area (Å²) >= 11 is 7.41. The fourth-order valence-electron chi connectivity index (χ4n) is 2.40. The molecule has 0 heterocycles. The zero-order valence-electron chi connectivity index (χ0n) is 17.0. The molecule has 2 aromatic rings. The van der Waals surface area contributed by atoms with E-state index in [0.717, 1.165) is 4.90 Å². The zero-order valence-corrected chi connectivity index (χ0v) is 19.4. The van der Waals surface area contributed by atoms with Crippen LogP contribution in [-0.4, -0.2) is 33.2 Å². The normalized spacial score (nSPS) is 11.3. The zero-order chi connectivity index (χ0) is 22.5. The molecule has 2 rings (SSSR count). The van der Waals surface area contributed by atoms with Gasteiger partial charge < -0.3 is 10.1 Å². The third-order valence-corrected chi connectivity index (χ3v) is 6.48. The number of hydrogen-bond donors (Lipinski definition) is 2. The third-order valence-electron chi connectivity index (χ3n) is 3.98. The summed E-state index contributed by atoms with van der Waals surface area (Å²) in [4.78, 5) is 24.8. The molecule has 1 amide bonds. The van der Waals surface area contributed by atoms with Gasteiger partial charge in [0.1, 0.15) is 0 Å². The van der Waals surface area contributed by atoms with Crippen molar-refractivity contribution in [2.45, 2.75) is 30.6 Å². The average Bonchev–Trinajstić information content (AvgIpc) is 2.69. The Morgan fingerprint density at radius 3 is 2.47 bits per heavy atom. The lowest BCUT2D eigenvalue weighted by Crippen LogP contribution is -2.19. The summed E-state index contributed by atoms with van der Waals surface area (Å²) < 4.78 is 33.1. The van der Waals surface area contributed by atoms with Crippen molar-refractivity contribution < 1.29 is 22.7 Å². The molecule has 0 fully saturated rings. The van der Waals surface area contributed by atoms with Crippen LogP contribution >= 0.6 is 23.4 Å². The molecule has 0 aliphatic heterocycles. The third kappa shape index (κ3) is 5.90. The van der Waals surface area contributed by atoms with Crippen molar-refractivity contribution in [3.8, 4) is 0 Å². The number of sulfonamides is 1. The molecular weight excluding hydrogens is 448 g/mol. The minimum absolute atomic E-state index is 0.0352. The maximum atomic E-state index is 12.9. The first-order chi connectivity index (χ1) is 14.1. The lowest BCUT2D eigenvalue weighted by molar-refractivity contribution is -0.118. The minimum atomic E-state index is -3.99. The first-order valence-electron chi connectivity index (χ1n) is 9.07. The van der Waals surface area contributed by atoms with E-state index in [0.29, 0.717) is 5.69 Å². The number of amides is 1. The summed E-state index contributed by atoms with van der Waals surface area (Å²) in [6.45, 7) is 5.32. The van der Waals surface area contributed by atoms with Gasteiger partial charge in [-0.25, -0.2) is 13.2 Å². The monoisotopic (exact) mass is 470 g/mol. The Labute approximate surface area is 185 Å². The Bertz CT molecular complexity index is 1060. The van der Waals surface area contributed by atoms with Crippen LogP contribution in [-0.2, 0) is 19.6 Å². The second kappa shape index (κ2) is 10.2. The van der Waals surface area contributed by atoms with Crippen molar-refractivity contribution in [1.82, 2.24) is 0 Å². The van der Waals surface area contributed by atoms with Gasteiger partial charge in [-0.1, -0.05) is 25.4 Å². The molecule has 162 valence electrons. The highest BCUT2D eigenvalue weighted by Crippen LogP contribution is 2.30. The lowest BCUT2D eigenvalue weighted by atomic mass is 10.2. The molecule has 0 bridgehead atoms. The molecule has 0 aliphatic rings. The number of benzene rings is 2. The van der Waals surface area contributed by atoms with Crippen molar-refractivity contribution in [2.24, 2.45) is 5.92 Å². The Hall–Kier alpha value is -2.23. The first-order valence-corrected chi connectivity index (χ1v) is 12.2. The van der Waals surface area contributed by atoms with Gasteiger partial charge in [0, 0.05) is 16.5 Å². The van der Waals surface area contributed by atoms with Crippen molar-refractivity contribution in [3.05, 3.63) is 47.0 Å². The Balaban J connectivity index is 2.37. The van der Waals surface area contributed by atoms with Crippen LogP contribution in [0.1, 0.15) is 31.1 Å². The number of thioether (sulfide) groups is 1. The molecule has 0 saturated heterocycles. The van der Waals surface area contributed by atoms with Gasteiger partial charge in [0.15, 0.2) is 0 Å². The molecule has 0 saturated carbocycles. The molecule has 0 aromatic heterocycles. The van der Waals surface area contributed by atoms with Gasteiger partial charge in [0.2, 0.25) is 5.91 Å². The molecule has 2 N–H and O–H groups in total. The SMILES string of the molecule is CCOC(=O)c1cc(NS(=O)(=O)c2ccc(SC)c(NC(=O)C(C)C)c2)ccc1Cl. The van der Waals surface area contributed by atoms with Gasteiger partial charge in [-0.2, -0.15) is 0 Å². The van der Waals surface area contributed by atoms with E-state index in [2.05, 4.69) is 10.0 Å². The number of hydrogen-bond acceptors (Lipinski definition) is 6. The van der Waals surface area contributed by atoms with Crippen molar-refractivity contribution >= 4 is 56.6 Å². The first kappa shape index (κ1) is 24.0. The summed E-state index contributed by atoms with van der Waals surface area (Å²) in [5, 5.41) is 2.90. The van der Waals surface area contributed by atoms with E-state index >= 15 is 0 Å². The second-order valence-corrected chi connectivity index (χ2v) is 9.46. The molecule has 30 heavy (non-hydrogen) atoms. The van der Waals surface area contributed by atoms with Crippen molar-refractivity contribution in [3.63, 3.8) is 0 Å². The highest BCUT2D eigenvalue weighted by atomic mass is 35.5. The van der Waals surface area contributed by atoms with Crippen LogP contribution in [0.3, 0.4) is 0 Å². The highest BCUT2D eigenvalue weighted by Gasteiger charge is 2.20. The number of anilines is 2. The van der Waals surface area contributed by atoms with Crippen LogP contribution in [0.25, 0.3) is 0 Å². The fraction of sp³-hybridized carbons (Fsp3) is 0.300. The van der Waals surface area contributed by atoms with Gasteiger partial charge in [0.05, 0.1) is 27.8 Å². The van der Waals surface area contributed by atoms with Gasteiger partial charge in [-0.3, -0.25) is 9.52 Å². The van der Waals surface area contributed by atoms with Gasteiger partial charge in [0.25, 0.3) is 10.0 Å². The Kier molecular flexibility index (Phi) is 8.17. The molecule has 0 radical (unpaired) electrons. The van der Waals surface area contributed by atoms with Crippen LogP contribution in [0.2, 0.25) is 5.02 Å². The summed E-state index contributed by atoms with van der Waals surface area (Å²) in [7, 11) is -3.99. The highest BCUT2D eigenvalue weighted by molar-refractivity contribution is 7.98. The predicted octanol–water partition coefficient (Wildman–Crippen LogP) is 4.63. The maximum absolute atomic E-state index is 12.9. The summed E-state index contributed by atoms with van der Waals surface area (Å²) in [6, 6.07) is 8.64. The van der Waals surface area contributed by atoms with E-state index < -0.39 is 16.0 Å². The minimum Gasteiger partial charge on any atom is -0.462 e. The van der Waals surface area contributed by atoms with Crippen LogP contribution < -0.4 is 10.0 Å². The molecule has 0 aliphatic carbocycles. The summed E-state index contributed by atoms with van der Waals surface area (Å²) in [6.07, 6.45) is 1.83. The van der Waals surface area contributed by atoms with E-state index in [-0.39, 0.29) is 39.6 Å². The summed E-state index contributed by atoms with van der Waals surface area (Å²) in [5.74, 6) is -1.12. The van der Waals surface area contributed by atoms with E-state index in [1.54, 1.807) is 26.8 Å². The van der Waals surface area contributed by atoms with E-state index in [9.17, 15) is 18.0 Å². The standard InChI is InChI=1S/C20H23ClN2O5S2/c1-5-28-20(25)15-10-13(6-8-16(15)21)23-30(26,27)14-7-9-18(29-4)17(11-14)22-19(24)12(2)3/h6-12,23H,5H2,1-4H3,(H,22,24). The molecule has 0 unspecified atom stereocenters. The van der Waals surface area contributed by atoms with Gasteiger partial charge in [-0.05, 0) is 49.6 Å². The summed E-state index contributed by atoms with van der Waals surface area (Å²) in [5.41, 5.74) is 0.623. The molecule has 7 nitrogen and oxygen atoms in total. The molecule has 0 atom stereocenters. The molecule has 2 aromatic carbocycles. The van der Waals surface area contributed by atoms with E-state index in [1.807, 2.05) is 6.26 Å². The fourth-order valence-corrected chi connectivity index (χ4v) is 4.20. The smallest absolute Gasteiger partial charge is 0.339 e. The number of carbonyl (C=O) groups excluding carboxylic acids is 2. The number of rotatable bonds is 8. The Morgan fingerprint density at radius 2 is 1.87 bits per heavy atom. The second-order valence-electron chi connectivity index (χ2n) is 6.53. The lowest BCUT2D eigenvalue weighted by Gasteiger charge is -2.14. The van der Waals surface area contributed by atoms with Gasteiger partial charge >= 0.3 is 5.97 Å².